The van der Waals surface area contributed by atoms with Crippen LogP contribution in [-0.4, -0.2) is 14.8 Å². The van der Waals surface area contributed by atoms with Gasteiger partial charge in [0.2, 0.25) is 0 Å². The molecule has 32 heavy (non-hydrogen) atoms. The molecule has 3 rings (SSSR count). The minimum Gasteiger partial charge on any atom is -0.483 e. The highest BCUT2D eigenvalue weighted by molar-refractivity contribution is 7.98. The maximum absolute atomic E-state index is 13.0. The fraction of sp³-hybridized carbons (Fsp3) is 0.304. The van der Waals surface area contributed by atoms with Gasteiger partial charge in [0, 0.05) is 17.3 Å². The Kier molecular flexibility index (Phi) is 7.56. The summed E-state index contributed by atoms with van der Waals surface area (Å²) in [5.41, 5.74) is 1.72. The average Bonchev–Trinajstić information content (AvgIpc) is 3.13. The zero-order valence-electron chi connectivity index (χ0n) is 17.9. The number of hydrogen-bond acceptors (Lipinski definition) is 4. The van der Waals surface area contributed by atoms with Gasteiger partial charge in [-0.15, -0.1) is 16.8 Å². The molecule has 0 amide bonds. The predicted octanol–water partition coefficient (Wildman–Crippen LogP) is 7.19. The number of ether oxygens (including phenoxy) is 1. The number of alkyl halides is 3. The van der Waals surface area contributed by atoms with Crippen molar-refractivity contribution in [1.29, 1.82) is 0 Å². The lowest BCUT2D eigenvalue weighted by atomic mass is 10.1. The molecule has 0 bridgehead atoms. The molecule has 1 heterocycles. The fourth-order valence-corrected chi connectivity index (χ4v) is 4.23. The summed E-state index contributed by atoms with van der Waals surface area (Å²) in [6, 6.07) is 9.01. The Morgan fingerprint density at radius 3 is 2.50 bits per heavy atom. The van der Waals surface area contributed by atoms with Gasteiger partial charge in [-0.05, 0) is 55.7 Å². The minimum absolute atomic E-state index is 0.323. The van der Waals surface area contributed by atoms with Crippen molar-refractivity contribution in [3.05, 3.63) is 82.2 Å². The van der Waals surface area contributed by atoms with E-state index in [1.807, 2.05) is 37.5 Å². The highest BCUT2D eigenvalue weighted by Gasteiger charge is 2.30. The number of aryl methyl sites for hydroxylation is 2. The first kappa shape index (κ1) is 24.2. The Morgan fingerprint density at radius 2 is 1.88 bits per heavy atom. The normalized spacial score (nSPS) is 12.6. The maximum Gasteiger partial charge on any atom is 0.416 e. The Hall–Kier alpha value is -2.45. The van der Waals surface area contributed by atoms with Gasteiger partial charge in [-0.25, -0.2) is 0 Å². The standard InChI is InChI=1S/C23H23ClF3N3OS/c1-5-9-30-21(16(4)31-19-10-14(2)20(24)15(3)11-19)28-29-22(30)32-13-17-7-6-8-18(12-17)23(25,26)27/h5-8,10-12,16H,1,9,13H2,2-4H3. The molecular weight excluding hydrogens is 459 g/mol. The monoisotopic (exact) mass is 481 g/mol. The van der Waals surface area contributed by atoms with Gasteiger partial charge >= 0.3 is 6.18 Å². The number of rotatable bonds is 8. The number of nitrogens with zero attached hydrogens (tertiary/aromatic N) is 3. The van der Waals surface area contributed by atoms with E-state index < -0.39 is 17.8 Å². The van der Waals surface area contributed by atoms with Gasteiger partial charge in [0.05, 0.1) is 5.56 Å². The molecule has 9 heteroatoms. The summed E-state index contributed by atoms with van der Waals surface area (Å²) >= 11 is 7.55. The van der Waals surface area contributed by atoms with Gasteiger partial charge < -0.3 is 4.74 Å². The van der Waals surface area contributed by atoms with E-state index in [-0.39, 0.29) is 0 Å². The molecule has 0 radical (unpaired) electrons. The van der Waals surface area contributed by atoms with Crippen molar-refractivity contribution in [2.75, 3.05) is 0 Å². The molecule has 0 fully saturated rings. The van der Waals surface area contributed by atoms with Gasteiger partial charge in [-0.2, -0.15) is 13.2 Å². The van der Waals surface area contributed by atoms with E-state index in [2.05, 4.69) is 16.8 Å². The van der Waals surface area contributed by atoms with Crippen LogP contribution in [-0.2, 0) is 18.5 Å². The summed E-state index contributed by atoms with van der Waals surface area (Å²) in [6.45, 7) is 9.92. The molecule has 0 spiro atoms. The summed E-state index contributed by atoms with van der Waals surface area (Å²) in [5, 5.41) is 9.80. The summed E-state index contributed by atoms with van der Waals surface area (Å²) in [6.07, 6.45) is -3.07. The third kappa shape index (κ3) is 5.66. The van der Waals surface area contributed by atoms with E-state index in [1.165, 1.54) is 17.8 Å². The van der Waals surface area contributed by atoms with E-state index in [0.29, 0.717) is 39.6 Å². The number of benzene rings is 2. The quantitative estimate of drug-likeness (QED) is 0.252. The highest BCUT2D eigenvalue weighted by atomic mass is 35.5. The molecule has 4 nitrogen and oxygen atoms in total. The molecule has 0 aliphatic heterocycles. The van der Waals surface area contributed by atoms with Crippen LogP contribution in [0.25, 0.3) is 0 Å². The lowest BCUT2D eigenvalue weighted by Crippen LogP contribution is -2.12. The third-order valence-electron chi connectivity index (χ3n) is 4.77. The second-order valence-corrected chi connectivity index (χ2v) is 8.68. The zero-order valence-corrected chi connectivity index (χ0v) is 19.5. The van der Waals surface area contributed by atoms with E-state index in [0.717, 1.165) is 23.3 Å². The van der Waals surface area contributed by atoms with Crippen molar-refractivity contribution >= 4 is 23.4 Å². The molecule has 0 saturated carbocycles. The SMILES string of the molecule is C=CCn1c(SCc2cccc(C(F)(F)F)c2)nnc1C(C)Oc1cc(C)c(Cl)c(C)c1. The van der Waals surface area contributed by atoms with Crippen LogP contribution in [0.4, 0.5) is 13.2 Å². The molecule has 1 unspecified atom stereocenters. The van der Waals surface area contributed by atoms with Crippen LogP contribution < -0.4 is 4.74 Å². The van der Waals surface area contributed by atoms with Crippen molar-refractivity contribution < 1.29 is 17.9 Å². The average molecular weight is 482 g/mol. The second kappa shape index (κ2) is 10.0. The van der Waals surface area contributed by atoms with Crippen LogP contribution in [0.2, 0.25) is 5.02 Å². The molecule has 0 aliphatic rings. The topological polar surface area (TPSA) is 39.9 Å². The molecule has 0 aliphatic carbocycles. The molecule has 0 saturated heterocycles. The van der Waals surface area contributed by atoms with Gasteiger partial charge in [-0.3, -0.25) is 4.57 Å². The number of aromatic nitrogens is 3. The van der Waals surface area contributed by atoms with Crippen molar-refractivity contribution in [2.45, 2.75) is 50.5 Å². The van der Waals surface area contributed by atoms with E-state index in [1.54, 1.807) is 12.1 Å². The Morgan fingerprint density at radius 1 is 1.19 bits per heavy atom. The lowest BCUT2D eigenvalue weighted by Gasteiger charge is -2.17. The molecule has 0 N–H and O–H groups in total. The van der Waals surface area contributed by atoms with E-state index in [4.69, 9.17) is 16.3 Å². The molecular formula is C23H23ClF3N3OS. The van der Waals surface area contributed by atoms with Crippen LogP contribution >= 0.6 is 23.4 Å². The summed E-state index contributed by atoms with van der Waals surface area (Å²) in [7, 11) is 0. The van der Waals surface area contributed by atoms with Gasteiger partial charge in [0.15, 0.2) is 17.1 Å². The predicted molar refractivity (Wildman–Crippen MR) is 121 cm³/mol. The molecule has 1 atom stereocenters. The smallest absolute Gasteiger partial charge is 0.416 e. The number of hydrogen-bond donors (Lipinski definition) is 0. The summed E-state index contributed by atoms with van der Waals surface area (Å²) < 4.78 is 46.9. The van der Waals surface area contributed by atoms with Crippen LogP contribution in [0.1, 0.15) is 41.1 Å². The Labute approximate surface area is 194 Å². The van der Waals surface area contributed by atoms with Gasteiger partial charge in [-0.1, -0.05) is 47.6 Å². The summed E-state index contributed by atoms with van der Waals surface area (Å²) in [4.78, 5) is 0. The van der Waals surface area contributed by atoms with Crippen molar-refractivity contribution in [3.8, 4) is 5.75 Å². The van der Waals surface area contributed by atoms with Crippen LogP contribution in [0, 0.1) is 13.8 Å². The number of allylic oxidation sites excluding steroid dienone is 1. The molecule has 1 aromatic heterocycles. The van der Waals surface area contributed by atoms with Crippen LogP contribution in [0.3, 0.4) is 0 Å². The van der Waals surface area contributed by atoms with Crippen molar-refractivity contribution in [2.24, 2.45) is 0 Å². The Bertz CT molecular complexity index is 1090. The zero-order chi connectivity index (χ0) is 23.5. The van der Waals surface area contributed by atoms with E-state index >= 15 is 0 Å². The van der Waals surface area contributed by atoms with Crippen molar-refractivity contribution in [3.63, 3.8) is 0 Å². The highest BCUT2D eigenvalue weighted by Crippen LogP contribution is 2.32. The van der Waals surface area contributed by atoms with Gasteiger partial charge in [0.1, 0.15) is 5.75 Å². The first-order valence-corrected chi connectivity index (χ1v) is 11.2. The summed E-state index contributed by atoms with van der Waals surface area (Å²) in [5.74, 6) is 1.59. The minimum atomic E-state index is -4.37. The Balaban J connectivity index is 1.78. The van der Waals surface area contributed by atoms with Crippen LogP contribution in [0.5, 0.6) is 5.75 Å². The maximum atomic E-state index is 13.0. The van der Waals surface area contributed by atoms with Gasteiger partial charge in [0.25, 0.3) is 0 Å². The fourth-order valence-electron chi connectivity index (χ4n) is 3.22. The first-order chi connectivity index (χ1) is 15.1. The molecule has 3 aromatic rings. The van der Waals surface area contributed by atoms with E-state index in [9.17, 15) is 13.2 Å². The molecule has 2 aromatic carbocycles. The number of halogens is 4. The van der Waals surface area contributed by atoms with Crippen LogP contribution in [0.15, 0.2) is 54.2 Å². The third-order valence-corrected chi connectivity index (χ3v) is 6.40. The lowest BCUT2D eigenvalue weighted by molar-refractivity contribution is -0.137. The number of thioether (sulfide) groups is 1. The first-order valence-electron chi connectivity index (χ1n) is 9.86. The second-order valence-electron chi connectivity index (χ2n) is 7.36. The van der Waals surface area contributed by atoms with Crippen molar-refractivity contribution in [1.82, 2.24) is 14.8 Å². The molecule has 170 valence electrons. The largest absolute Gasteiger partial charge is 0.483 e.